The van der Waals surface area contributed by atoms with E-state index in [0.29, 0.717) is 18.8 Å². The highest BCUT2D eigenvalue weighted by atomic mass is 32.2. The van der Waals surface area contributed by atoms with Gasteiger partial charge < -0.3 is 10.2 Å². The average molecular weight is 358 g/mol. The summed E-state index contributed by atoms with van der Waals surface area (Å²) in [6.07, 6.45) is 0.289. The first-order valence-electron chi connectivity index (χ1n) is 8.09. The second-order valence-corrected chi connectivity index (χ2v) is 7.02. The number of amides is 2. The van der Waals surface area contributed by atoms with Crippen LogP contribution in [-0.2, 0) is 16.1 Å². The highest BCUT2D eigenvalue weighted by Crippen LogP contribution is 2.18. The third kappa shape index (κ3) is 5.06. The van der Waals surface area contributed by atoms with Gasteiger partial charge in [-0.2, -0.15) is 0 Å². The molecular weight excluding hydrogens is 339 g/mol. The average Bonchev–Trinajstić information content (AvgIpc) is 2.93. The first kappa shape index (κ1) is 17.5. The number of carbonyl (C=O) groups excluding carboxylic acids is 2. The van der Waals surface area contributed by atoms with Crippen LogP contribution in [0.5, 0.6) is 0 Å². The smallest absolute Gasteiger partial charge is 0.230 e. The van der Waals surface area contributed by atoms with E-state index in [-0.39, 0.29) is 30.1 Å². The van der Waals surface area contributed by atoms with Gasteiger partial charge in [0.1, 0.15) is 5.82 Å². The van der Waals surface area contributed by atoms with Crippen LogP contribution in [0.3, 0.4) is 0 Å². The van der Waals surface area contributed by atoms with Crippen molar-refractivity contribution in [3.8, 4) is 0 Å². The minimum atomic E-state index is -0.313. The lowest BCUT2D eigenvalue weighted by Gasteiger charge is -2.17. The molecule has 25 heavy (non-hydrogen) atoms. The first-order chi connectivity index (χ1) is 12.1. The zero-order valence-electron chi connectivity index (χ0n) is 13.7. The van der Waals surface area contributed by atoms with Gasteiger partial charge in [0.15, 0.2) is 0 Å². The number of nitrogens with zero attached hydrogens (tertiary/aromatic N) is 1. The van der Waals surface area contributed by atoms with Crippen LogP contribution >= 0.6 is 11.8 Å². The molecule has 2 amide bonds. The van der Waals surface area contributed by atoms with Crippen molar-refractivity contribution in [1.82, 2.24) is 10.2 Å². The van der Waals surface area contributed by atoms with E-state index in [1.807, 2.05) is 30.3 Å². The minimum absolute atomic E-state index is 0.0229. The number of carbonyl (C=O) groups is 2. The van der Waals surface area contributed by atoms with Crippen LogP contribution in [0.1, 0.15) is 12.0 Å². The lowest BCUT2D eigenvalue weighted by atomic mass is 10.2. The third-order valence-electron chi connectivity index (χ3n) is 3.96. The van der Waals surface area contributed by atoms with Gasteiger partial charge in [0, 0.05) is 24.4 Å². The number of thioether (sulfide) groups is 1. The summed E-state index contributed by atoms with van der Waals surface area (Å²) in [4.78, 5) is 26.9. The molecule has 1 saturated heterocycles. The van der Waals surface area contributed by atoms with Crippen molar-refractivity contribution in [1.29, 1.82) is 0 Å². The quantitative estimate of drug-likeness (QED) is 0.808. The van der Waals surface area contributed by atoms with Gasteiger partial charge >= 0.3 is 0 Å². The number of likely N-dealkylation sites (tertiary alicyclic amines) is 1. The van der Waals surface area contributed by atoms with E-state index in [2.05, 4.69) is 5.32 Å². The Balaban J connectivity index is 1.48. The van der Waals surface area contributed by atoms with Crippen molar-refractivity contribution in [3.05, 3.63) is 66.0 Å². The van der Waals surface area contributed by atoms with Gasteiger partial charge in [0.25, 0.3) is 0 Å². The van der Waals surface area contributed by atoms with E-state index in [1.165, 1.54) is 23.9 Å². The predicted octanol–water partition coefficient (Wildman–Crippen LogP) is 2.84. The summed E-state index contributed by atoms with van der Waals surface area (Å²) in [6.45, 7) is 0.818. The number of rotatable bonds is 6. The van der Waals surface area contributed by atoms with Crippen LogP contribution in [0, 0.1) is 5.82 Å². The molecule has 1 aliphatic heterocycles. The number of nitrogens with one attached hydrogen (secondary N) is 1. The second-order valence-electron chi connectivity index (χ2n) is 5.97. The Morgan fingerprint density at radius 2 is 2.00 bits per heavy atom. The van der Waals surface area contributed by atoms with E-state index in [4.69, 9.17) is 0 Å². The minimum Gasteiger partial charge on any atom is -0.350 e. The van der Waals surface area contributed by atoms with Gasteiger partial charge in [-0.05, 0) is 29.8 Å². The van der Waals surface area contributed by atoms with Crippen molar-refractivity contribution in [2.75, 3.05) is 12.3 Å². The summed E-state index contributed by atoms with van der Waals surface area (Å²) >= 11 is 1.47. The SMILES string of the molecule is O=C(CSc1ccccc1)NC1CC(=O)N(Cc2cccc(F)c2)C1. The fourth-order valence-electron chi connectivity index (χ4n) is 2.81. The van der Waals surface area contributed by atoms with Crippen LogP contribution in [0.2, 0.25) is 0 Å². The molecule has 2 aromatic rings. The second kappa shape index (κ2) is 8.16. The lowest BCUT2D eigenvalue weighted by Crippen LogP contribution is -2.38. The Hall–Kier alpha value is -2.34. The molecule has 2 aromatic carbocycles. The third-order valence-corrected chi connectivity index (χ3v) is 4.97. The fraction of sp³-hybridized carbons (Fsp3) is 0.263. The van der Waals surface area contributed by atoms with Crippen molar-refractivity contribution < 1.29 is 14.0 Å². The highest BCUT2D eigenvalue weighted by molar-refractivity contribution is 8.00. The molecule has 1 atom stereocenters. The van der Waals surface area contributed by atoms with E-state index in [0.717, 1.165) is 10.5 Å². The molecule has 1 fully saturated rings. The maximum absolute atomic E-state index is 13.2. The van der Waals surface area contributed by atoms with E-state index < -0.39 is 0 Å². The van der Waals surface area contributed by atoms with Crippen LogP contribution in [0.25, 0.3) is 0 Å². The molecule has 0 aliphatic carbocycles. The Morgan fingerprint density at radius 3 is 2.76 bits per heavy atom. The Morgan fingerprint density at radius 1 is 1.20 bits per heavy atom. The number of hydrogen-bond donors (Lipinski definition) is 1. The van der Waals surface area contributed by atoms with Crippen molar-refractivity contribution in [2.45, 2.75) is 23.9 Å². The fourth-order valence-corrected chi connectivity index (χ4v) is 3.54. The molecule has 6 heteroatoms. The Labute approximate surface area is 150 Å². The highest BCUT2D eigenvalue weighted by Gasteiger charge is 2.30. The van der Waals surface area contributed by atoms with Gasteiger partial charge in [-0.15, -0.1) is 11.8 Å². The topological polar surface area (TPSA) is 49.4 Å². The zero-order chi connectivity index (χ0) is 17.6. The van der Waals surface area contributed by atoms with E-state index in [9.17, 15) is 14.0 Å². The summed E-state index contributed by atoms with van der Waals surface area (Å²) < 4.78 is 13.2. The molecule has 0 aromatic heterocycles. The maximum Gasteiger partial charge on any atom is 0.230 e. The summed E-state index contributed by atoms with van der Waals surface area (Å²) in [5.74, 6) is -0.102. The molecular formula is C19H19FN2O2S. The Bertz CT molecular complexity index is 754. The zero-order valence-corrected chi connectivity index (χ0v) is 14.5. The molecule has 0 radical (unpaired) electrons. The summed E-state index contributed by atoms with van der Waals surface area (Å²) in [7, 11) is 0. The van der Waals surface area contributed by atoms with Gasteiger partial charge in [0.2, 0.25) is 11.8 Å². The molecule has 0 bridgehead atoms. The number of hydrogen-bond acceptors (Lipinski definition) is 3. The molecule has 1 aliphatic rings. The molecule has 3 rings (SSSR count). The molecule has 130 valence electrons. The molecule has 1 unspecified atom stereocenters. The normalized spacial score (nSPS) is 16.9. The standard InChI is InChI=1S/C19H19FN2O2S/c20-15-6-4-5-14(9-15)11-22-12-16(10-19(22)24)21-18(23)13-25-17-7-2-1-3-8-17/h1-9,16H,10-13H2,(H,21,23). The maximum atomic E-state index is 13.2. The number of halogens is 1. The first-order valence-corrected chi connectivity index (χ1v) is 9.08. The van der Waals surface area contributed by atoms with Gasteiger partial charge in [-0.3, -0.25) is 9.59 Å². The van der Waals surface area contributed by atoms with E-state index in [1.54, 1.807) is 17.0 Å². The monoisotopic (exact) mass is 358 g/mol. The molecule has 0 spiro atoms. The van der Waals surface area contributed by atoms with Crippen molar-refractivity contribution >= 4 is 23.6 Å². The number of benzene rings is 2. The predicted molar refractivity (Wildman–Crippen MR) is 95.5 cm³/mol. The largest absolute Gasteiger partial charge is 0.350 e. The van der Waals surface area contributed by atoms with E-state index >= 15 is 0 Å². The van der Waals surface area contributed by atoms with Crippen molar-refractivity contribution in [3.63, 3.8) is 0 Å². The van der Waals surface area contributed by atoms with Crippen LogP contribution in [0.15, 0.2) is 59.5 Å². The molecule has 1 heterocycles. The van der Waals surface area contributed by atoms with Gasteiger partial charge in [-0.1, -0.05) is 30.3 Å². The summed E-state index contributed by atoms with van der Waals surface area (Å²) in [5.41, 5.74) is 0.750. The molecule has 0 saturated carbocycles. The Kier molecular flexibility index (Phi) is 5.71. The van der Waals surface area contributed by atoms with Crippen LogP contribution in [-0.4, -0.2) is 35.1 Å². The van der Waals surface area contributed by atoms with Crippen LogP contribution in [0.4, 0.5) is 4.39 Å². The van der Waals surface area contributed by atoms with Crippen LogP contribution < -0.4 is 5.32 Å². The van der Waals surface area contributed by atoms with Gasteiger partial charge in [0.05, 0.1) is 11.8 Å². The van der Waals surface area contributed by atoms with Crippen molar-refractivity contribution in [2.24, 2.45) is 0 Å². The lowest BCUT2D eigenvalue weighted by molar-refractivity contribution is -0.128. The summed E-state index contributed by atoms with van der Waals surface area (Å²) in [6, 6.07) is 15.7. The molecule has 4 nitrogen and oxygen atoms in total. The summed E-state index contributed by atoms with van der Waals surface area (Å²) in [5, 5.41) is 2.91. The molecule has 1 N–H and O–H groups in total. The van der Waals surface area contributed by atoms with Gasteiger partial charge in [-0.25, -0.2) is 4.39 Å².